The van der Waals surface area contributed by atoms with Crippen molar-refractivity contribution in [3.63, 3.8) is 0 Å². The fraction of sp³-hybridized carbons (Fsp3) is 0.733. The minimum absolute atomic E-state index is 0.275. The smallest absolute Gasteiger partial charge is 0.135 e. The number of hydrogen-bond acceptors (Lipinski definition) is 6. The van der Waals surface area contributed by atoms with Gasteiger partial charge >= 0.3 is 0 Å². The normalized spacial score (nSPS) is 22.4. The zero-order valence-corrected chi connectivity index (χ0v) is 13.7. The number of aliphatic hydroxyl groups excluding tert-OH is 1. The predicted octanol–water partition coefficient (Wildman–Crippen LogP) is 1.14. The van der Waals surface area contributed by atoms with Gasteiger partial charge in [0, 0.05) is 38.2 Å². The number of hydrogen-bond donors (Lipinski definition) is 2. The minimum atomic E-state index is -0.287. The summed E-state index contributed by atoms with van der Waals surface area (Å²) >= 11 is 0. The number of nitrogens with one attached hydrogen (secondary N) is 1. The summed E-state index contributed by atoms with van der Waals surface area (Å²) in [4.78, 5) is 13.6. The van der Waals surface area contributed by atoms with Crippen LogP contribution < -0.4 is 10.2 Å². The van der Waals surface area contributed by atoms with Crippen molar-refractivity contribution in [2.45, 2.75) is 38.3 Å². The van der Waals surface area contributed by atoms with Crippen molar-refractivity contribution in [3.05, 3.63) is 11.9 Å². The maximum absolute atomic E-state index is 10.0. The van der Waals surface area contributed by atoms with E-state index < -0.39 is 0 Å². The number of β-amino-alcohol motifs (C(OH)–C–C–N with tert-alkyl or cyclic N) is 1. The number of likely N-dealkylation sites (N-methyl/N-ethyl adjacent to an activating group) is 1. The molecule has 1 aromatic rings. The van der Waals surface area contributed by atoms with Gasteiger partial charge < -0.3 is 20.2 Å². The van der Waals surface area contributed by atoms with Crippen LogP contribution in [-0.4, -0.2) is 66.4 Å². The molecular formula is C15H27N5O. The molecule has 2 rings (SSSR count). The Morgan fingerprint density at radius 3 is 2.71 bits per heavy atom. The molecule has 1 aliphatic rings. The fourth-order valence-electron chi connectivity index (χ4n) is 2.75. The summed E-state index contributed by atoms with van der Waals surface area (Å²) in [6.45, 7) is 5.73. The van der Waals surface area contributed by atoms with Crippen LogP contribution >= 0.6 is 0 Å². The molecule has 2 atom stereocenters. The van der Waals surface area contributed by atoms with Gasteiger partial charge in [-0.15, -0.1) is 0 Å². The number of anilines is 2. The van der Waals surface area contributed by atoms with Crippen LogP contribution in [-0.2, 0) is 0 Å². The average molecular weight is 293 g/mol. The third-order valence-corrected chi connectivity index (χ3v) is 3.76. The van der Waals surface area contributed by atoms with Crippen molar-refractivity contribution in [2.24, 2.45) is 0 Å². The zero-order chi connectivity index (χ0) is 15.6. The lowest BCUT2D eigenvalue weighted by atomic mass is 10.2. The third kappa shape index (κ3) is 3.83. The first-order valence-electron chi connectivity index (χ1n) is 7.57. The van der Waals surface area contributed by atoms with E-state index in [1.165, 1.54) is 0 Å². The molecule has 118 valence electrons. The van der Waals surface area contributed by atoms with Gasteiger partial charge in [0.1, 0.15) is 17.5 Å². The minimum Gasteiger partial charge on any atom is -0.391 e. The third-order valence-electron chi connectivity index (χ3n) is 3.76. The van der Waals surface area contributed by atoms with Crippen molar-refractivity contribution in [1.82, 2.24) is 14.9 Å². The molecule has 0 radical (unpaired) electrons. The van der Waals surface area contributed by atoms with Crippen LogP contribution in [0.5, 0.6) is 0 Å². The molecule has 6 heteroatoms. The molecule has 2 unspecified atom stereocenters. The largest absolute Gasteiger partial charge is 0.391 e. The topological polar surface area (TPSA) is 64.5 Å². The van der Waals surface area contributed by atoms with E-state index in [1.807, 2.05) is 13.1 Å². The van der Waals surface area contributed by atoms with E-state index in [0.717, 1.165) is 30.4 Å². The second-order valence-corrected chi connectivity index (χ2v) is 6.33. The first kappa shape index (κ1) is 16.0. The molecule has 0 aromatic carbocycles. The van der Waals surface area contributed by atoms with Crippen LogP contribution in [0, 0.1) is 0 Å². The highest BCUT2D eigenvalue weighted by Crippen LogP contribution is 2.27. The summed E-state index contributed by atoms with van der Waals surface area (Å²) in [6.07, 6.45) is 0.499. The van der Waals surface area contributed by atoms with Gasteiger partial charge in [-0.2, -0.15) is 0 Å². The van der Waals surface area contributed by atoms with Crippen LogP contribution in [0.2, 0.25) is 0 Å². The molecule has 0 bridgehead atoms. The Bertz CT molecular complexity index is 477. The van der Waals surface area contributed by atoms with E-state index in [1.54, 1.807) is 0 Å². The van der Waals surface area contributed by atoms with Gasteiger partial charge in [0.25, 0.3) is 0 Å². The lowest BCUT2D eigenvalue weighted by Crippen LogP contribution is -2.38. The van der Waals surface area contributed by atoms with Gasteiger partial charge in [-0.3, -0.25) is 0 Å². The molecule has 0 saturated carbocycles. The molecule has 0 aliphatic carbocycles. The van der Waals surface area contributed by atoms with Crippen LogP contribution in [0.3, 0.4) is 0 Å². The van der Waals surface area contributed by atoms with Crippen LogP contribution in [0.25, 0.3) is 0 Å². The quantitative estimate of drug-likeness (QED) is 0.849. The number of rotatable bonds is 5. The summed E-state index contributed by atoms with van der Waals surface area (Å²) < 4.78 is 0. The molecule has 1 aliphatic heterocycles. The Labute approximate surface area is 127 Å². The first-order chi connectivity index (χ1) is 9.90. The van der Waals surface area contributed by atoms with Crippen molar-refractivity contribution < 1.29 is 5.11 Å². The summed E-state index contributed by atoms with van der Waals surface area (Å²) in [5, 5.41) is 13.1. The molecule has 21 heavy (non-hydrogen) atoms. The highest BCUT2D eigenvalue weighted by atomic mass is 16.3. The Morgan fingerprint density at radius 2 is 2.14 bits per heavy atom. The maximum Gasteiger partial charge on any atom is 0.135 e. The highest BCUT2D eigenvalue weighted by Gasteiger charge is 2.32. The second kappa shape index (κ2) is 6.58. The lowest BCUT2D eigenvalue weighted by molar-refractivity contribution is 0.191. The average Bonchev–Trinajstić information content (AvgIpc) is 2.78. The SMILES string of the molecule is CNc1cc(N2CC(O)CC2CN(C)C)nc(C(C)C)n1. The van der Waals surface area contributed by atoms with Crippen LogP contribution in [0.15, 0.2) is 6.07 Å². The molecule has 2 N–H and O–H groups in total. The van der Waals surface area contributed by atoms with Crippen molar-refractivity contribution >= 4 is 11.6 Å². The van der Waals surface area contributed by atoms with Crippen molar-refractivity contribution in [2.75, 3.05) is 44.4 Å². The van der Waals surface area contributed by atoms with E-state index in [4.69, 9.17) is 4.98 Å². The molecule has 6 nitrogen and oxygen atoms in total. The summed E-state index contributed by atoms with van der Waals surface area (Å²) in [5.74, 6) is 2.84. The number of aliphatic hydroxyl groups is 1. The molecule has 1 saturated heterocycles. The van der Waals surface area contributed by atoms with Gasteiger partial charge in [-0.25, -0.2) is 9.97 Å². The number of nitrogens with zero attached hydrogens (tertiary/aromatic N) is 4. The van der Waals surface area contributed by atoms with Crippen molar-refractivity contribution in [3.8, 4) is 0 Å². The zero-order valence-electron chi connectivity index (χ0n) is 13.7. The Balaban J connectivity index is 2.32. The molecular weight excluding hydrogens is 266 g/mol. The van der Waals surface area contributed by atoms with Gasteiger partial charge in [0.2, 0.25) is 0 Å². The van der Waals surface area contributed by atoms with Gasteiger partial charge in [-0.05, 0) is 20.5 Å². The van der Waals surface area contributed by atoms with Gasteiger partial charge in [-0.1, -0.05) is 13.8 Å². The van der Waals surface area contributed by atoms with E-state index in [0.29, 0.717) is 6.54 Å². The predicted molar refractivity (Wildman–Crippen MR) is 86.0 cm³/mol. The van der Waals surface area contributed by atoms with Crippen LogP contribution in [0.4, 0.5) is 11.6 Å². The molecule has 2 heterocycles. The Morgan fingerprint density at radius 1 is 1.43 bits per heavy atom. The maximum atomic E-state index is 10.0. The second-order valence-electron chi connectivity index (χ2n) is 6.33. The number of aromatic nitrogens is 2. The summed E-state index contributed by atoms with van der Waals surface area (Å²) in [7, 11) is 5.98. The fourth-order valence-corrected chi connectivity index (χ4v) is 2.75. The standard InChI is InChI=1S/C15H27N5O/c1-10(2)15-17-13(16-3)7-14(18-15)20-9-12(21)6-11(20)8-19(4)5/h7,10-12,21H,6,8-9H2,1-5H3,(H,16,17,18). The van der Waals surface area contributed by atoms with E-state index in [2.05, 4.69) is 48.0 Å². The van der Waals surface area contributed by atoms with E-state index in [-0.39, 0.29) is 18.1 Å². The van der Waals surface area contributed by atoms with Gasteiger partial charge in [0.05, 0.1) is 6.10 Å². The monoisotopic (exact) mass is 293 g/mol. The highest BCUT2D eigenvalue weighted by molar-refractivity contribution is 5.51. The molecule has 1 fully saturated rings. The molecule has 0 amide bonds. The van der Waals surface area contributed by atoms with Gasteiger partial charge in [0.15, 0.2) is 0 Å². The van der Waals surface area contributed by atoms with Crippen LogP contribution in [0.1, 0.15) is 32.0 Å². The molecule has 0 spiro atoms. The van der Waals surface area contributed by atoms with Crippen molar-refractivity contribution in [1.29, 1.82) is 0 Å². The lowest BCUT2D eigenvalue weighted by Gasteiger charge is -2.28. The summed E-state index contributed by atoms with van der Waals surface area (Å²) in [6, 6.07) is 2.25. The van der Waals surface area contributed by atoms with E-state index >= 15 is 0 Å². The Hall–Kier alpha value is -1.40. The molecule has 1 aromatic heterocycles. The van der Waals surface area contributed by atoms with E-state index in [9.17, 15) is 5.11 Å². The summed E-state index contributed by atoms with van der Waals surface area (Å²) in [5.41, 5.74) is 0. The first-order valence-corrected chi connectivity index (χ1v) is 7.57. The Kier molecular flexibility index (Phi) is 5.00.